The van der Waals surface area contributed by atoms with Gasteiger partial charge in [-0.2, -0.15) is 0 Å². The van der Waals surface area contributed by atoms with Crippen molar-refractivity contribution in [3.05, 3.63) is 48.0 Å². The van der Waals surface area contributed by atoms with Crippen molar-refractivity contribution < 1.29 is 9.90 Å². The summed E-state index contributed by atoms with van der Waals surface area (Å²) in [7, 11) is 0. The van der Waals surface area contributed by atoms with Crippen LogP contribution in [0.5, 0.6) is 0 Å². The molecule has 26 heavy (non-hydrogen) atoms. The van der Waals surface area contributed by atoms with Gasteiger partial charge < -0.3 is 21.5 Å². The van der Waals surface area contributed by atoms with Gasteiger partial charge in [0.1, 0.15) is 0 Å². The van der Waals surface area contributed by atoms with Gasteiger partial charge >= 0.3 is 0 Å². The molecule has 2 aromatic carbocycles. The molecule has 1 aliphatic heterocycles. The number of aliphatic hydroxyl groups excluding tert-OH is 1. The second kappa shape index (κ2) is 7.03. The fourth-order valence-electron chi connectivity index (χ4n) is 3.20. The van der Waals surface area contributed by atoms with E-state index in [-0.39, 0.29) is 11.9 Å². The summed E-state index contributed by atoms with van der Waals surface area (Å²) in [6, 6.07) is 13.3. The first-order chi connectivity index (χ1) is 12.6. The second-order valence-electron chi connectivity index (χ2n) is 6.45. The van der Waals surface area contributed by atoms with Crippen molar-refractivity contribution in [2.24, 2.45) is 0 Å². The second-order valence-corrected chi connectivity index (χ2v) is 7.51. The van der Waals surface area contributed by atoms with E-state index in [0.717, 1.165) is 34.3 Å². The molecule has 1 aromatic heterocycles. The zero-order chi connectivity index (χ0) is 18.1. The third-order valence-electron chi connectivity index (χ3n) is 4.65. The topological polar surface area (TPSA) is 100 Å². The summed E-state index contributed by atoms with van der Waals surface area (Å²) >= 11 is 1.47. The van der Waals surface area contributed by atoms with Gasteiger partial charge in [0.15, 0.2) is 5.13 Å². The first-order valence-corrected chi connectivity index (χ1v) is 9.38. The zero-order valence-corrected chi connectivity index (χ0v) is 14.9. The molecular weight excluding hydrogens is 348 g/mol. The number of rotatable bonds is 3. The van der Waals surface area contributed by atoms with Gasteiger partial charge in [-0.3, -0.25) is 4.79 Å². The number of β-amino-alcohol motifs (C(OH)–C–C–N with tert-alkyl or cyclic N) is 1. The fraction of sp³-hybridized carbons (Fsp3) is 0.263. The number of amides is 1. The number of aliphatic hydroxyl groups is 1. The van der Waals surface area contributed by atoms with E-state index in [0.29, 0.717) is 17.2 Å². The van der Waals surface area contributed by atoms with Crippen LogP contribution in [0.4, 0.5) is 5.13 Å². The Morgan fingerprint density at radius 2 is 2.00 bits per heavy atom. The third-order valence-corrected chi connectivity index (χ3v) is 5.52. The quantitative estimate of drug-likeness (QED) is 0.567. The summed E-state index contributed by atoms with van der Waals surface area (Å²) in [4.78, 5) is 16.7. The largest absolute Gasteiger partial charge is 0.390 e. The smallest absolute Gasteiger partial charge is 0.251 e. The Kier molecular flexibility index (Phi) is 4.58. The van der Waals surface area contributed by atoms with Gasteiger partial charge in [0.05, 0.1) is 22.4 Å². The highest BCUT2D eigenvalue weighted by molar-refractivity contribution is 7.22. The van der Waals surface area contributed by atoms with E-state index in [1.165, 1.54) is 11.3 Å². The highest BCUT2D eigenvalue weighted by Gasteiger charge is 2.24. The SMILES string of the molecule is Nc1nc2cc(-c3ccc(C(=O)N[C@@H]4CCNC[C@H]4O)cc3)ccc2s1. The van der Waals surface area contributed by atoms with Crippen molar-refractivity contribution in [1.29, 1.82) is 0 Å². The molecule has 0 saturated carbocycles. The van der Waals surface area contributed by atoms with Crippen LogP contribution in [-0.4, -0.2) is 41.2 Å². The monoisotopic (exact) mass is 368 g/mol. The minimum Gasteiger partial charge on any atom is -0.390 e. The van der Waals surface area contributed by atoms with Crippen LogP contribution in [0, 0.1) is 0 Å². The number of piperidine rings is 1. The summed E-state index contributed by atoms with van der Waals surface area (Å²) in [5.41, 5.74) is 9.27. The predicted octanol–water partition coefficient (Wildman–Crippen LogP) is 2.00. The molecule has 5 N–H and O–H groups in total. The first-order valence-electron chi connectivity index (χ1n) is 8.56. The molecule has 1 amide bonds. The van der Waals surface area contributed by atoms with E-state index in [1.54, 1.807) is 12.1 Å². The summed E-state index contributed by atoms with van der Waals surface area (Å²) in [6.45, 7) is 1.30. The highest BCUT2D eigenvalue weighted by Crippen LogP contribution is 2.29. The van der Waals surface area contributed by atoms with E-state index in [1.807, 2.05) is 30.3 Å². The number of benzene rings is 2. The van der Waals surface area contributed by atoms with E-state index >= 15 is 0 Å². The maximum Gasteiger partial charge on any atom is 0.251 e. The summed E-state index contributed by atoms with van der Waals surface area (Å²) < 4.78 is 1.06. The normalized spacial score (nSPS) is 20.2. The lowest BCUT2D eigenvalue weighted by Crippen LogP contribution is -2.52. The Balaban J connectivity index is 1.50. The van der Waals surface area contributed by atoms with Crippen LogP contribution >= 0.6 is 11.3 Å². The van der Waals surface area contributed by atoms with E-state index in [9.17, 15) is 9.90 Å². The zero-order valence-electron chi connectivity index (χ0n) is 14.1. The van der Waals surface area contributed by atoms with Crippen LogP contribution in [0.1, 0.15) is 16.8 Å². The lowest BCUT2D eigenvalue weighted by Gasteiger charge is -2.29. The van der Waals surface area contributed by atoms with Gasteiger partial charge in [0.25, 0.3) is 5.91 Å². The number of carbonyl (C=O) groups excluding carboxylic acids is 1. The molecule has 0 spiro atoms. The molecule has 3 aromatic rings. The number of nitrogens with two attached hydrogens (primary N) is 1. The lowest BCUT2D eigenvalue weighted by atomic mass is 10.0. The number of aromatic nitrogens is 1. The number of nitrogen functional groups attached to an aromatic ring is 1. The summed E-state index contributed by atoms with van der Waals surface area (Å²) in [6.07, 6.45) is 0.172. The van der Waals surface area contributed by atoms with Gasteiger partial charge in [-0.25, -0.2) is 4.98 Å². The molecule has 0 bridgehead atoms. The Hall–Kier alpha value is -2.48. The van der Waals surface area contributed by atoms with E-state index in [2.05, 4.69) is 15.6 Å². The van der Waals surface area contributed by atoms with Crippen LogP contribution in [-0.2, 0) is 0 Å². The number of thiazole rings is 1. The molecule has 1 fully saturated rings. The van der Waals surface area contributed by atoms with Crippen molar-refractivity contribution >= 4 is 32.6 Å². The van der Waals surface area contributed by atoms with E-state index in [4.69, 9.17) is 5.73 Å². The number of fused-ring (bicyclic) bond motifs is 1. The van der Waals surface area contributed by atoms with Gasteiger partial charge in [0.2, 0.25) is 0 Å². The molecule has 7 heteroatoms. The van der Waals surface area contributed by atoms with Crippen molar-refractivity contribution in [3.8, 4) is 11.1 Å². The van der Waals surface area contributed by atoms with Gasteiger partial charge in [-0.1, -0.05) is 29.5 Å². The highest BCUT2D eigenvalue weighted by atomic mass is 32.1. The van der Waals surface area contributed by atoms with Gasteiger partial charge in [-0.05, 0) is 48.4 Å². The standard InChI is InChI=1S/C19H20N4O2S/c20-19-23-15-9-13(5-6-17(15)26-19)11-1-3-12(4-2-11)18(25)22-14-7-8-21-10-16(14)24/h1-6,9,14,16,21,24H,7-8,10H2,(H2,20,23)(H,22,25)/t14-,16-/m1/s1. The Morgan fingerprint density at radius 3 is 2.77 bits per heavy atom. The average molecular weight is 368 g/mol. The van der Waals surface area contributed by atoms with E-state index < -0.39 is 6.10 Å². The Labute approximate surface area is 155 Å². The summed E-state index contributed by atoms with van der Waals surface area (Å²) in [5.74, 6) is -0.162. The first kappa shape index (κ1) is 17.0. The minimum atomic E-state index is -0.552. The van der Waals surface area contributed by atoms with Crippen LogP contribution < -0.4 is 16.4 Å². The molecule has 0 radical (unpaired) electrons. The number of hydrogen-bond acceptors (Lipinski definition) is 6. The molecule has 0 aliphatic carbocycles. The maximum atomic E-state index is 12.4. The van der Waals surface area contributed by atoms with Gasteiger partial charge in [-0.15, -0.1) is 0 Å². The molecule has 1 aliphatic rings. The van der Waals surface area contributed by atoms with Crippen molar-refractivity contribution in [2.75, 3.05) is 18.8 Å². The molecule has 1 saturated heterocycles. The molecule has 0 unspecified atom stereocenters. The number of carbonyl (C=O) groups is 1. The molecular formula is C19H20N4O2S. The summed E-state index contributed by atoms with van der Waals surface area (Å²) in [5, 5.41) is 16.5. The molecule has 2 heterocycles. The number of nitrogens with one attached hydrogen (secondary N) is 2. The minimum absolute atomic E-state index is 0.162. The van der Waals surface area contributed by atoms with Crippen LogP contribution in [0.25, 0.3) is 21.3 Å². The fourth-order valence-corrected chi connectivity index (χ4v) is 3.92. The van der Waals surface area contributed by atoms with Crippen LogP contribution in [0.15, 0.2) is 42.5 Å². The predicted molar refractivity (Wildman–Crippen MR) is 104 cm³/mol. The Morgan fingerprint density at radius 1 is 1.23 bits per heavy atom. The van der Waals surface area contributed by atoms with Crippen LogP contribution in [0.2, 0.25) is 0 Å². The maximum absolute atomic E-state index is 12.4. The molecule has 6 nitrogen and oxygen atoms in total. The van der Waals surface area contributed by atoms with Crippen molar-refractivity contribution in [2.45, 2.75) is 18.6 Å². The average Bonchev–Trinajstić information content (AvgIpc) is 3.03. The third kappa shape index (κ3) is 3.41. The lowest BCUT2D eigenvalue weighted by molar-refractivity contribution is 0.0765. The number of hydrogen-bond donors (Lipinski definition) is 4. The van der Waals surface area contributed by atoms with Crippen molar-refractivity contribution in [3.63, 3.8) is 0 Å². The molecule has 2 atom stereocenters. The van der Waals surface area contributed by atoms with Crippen molar-refractivity contribution in [1.82, 2.24) is 15.6 Å². The molecule has 4 rings (SSSR count). The Bertz CT molecular complexity index is 938. The number of anilines is 1. The molecule has 134 valence electrons. The van der Waals surface area contributed by atoms with Crippen LogP contribution in [0.3, 0.4) is 0 Å². The van der Waals surface area contributed by atoms with Gasteiger partial charge in [0, 0.05) is 12.1 Å². The number of nitrogens with zero attached hydrogens (tertiary/aromatic N) is 1.